The summed E-state index contributed by atoms with van der Waals surface area (Å²) in [5.41, 5.74) is 5.97. The highest BCUT2D eigenvalue weighted by atomic mass is 32.2. The van der Waals surface area contributed by atoms with Gasteiger partial charge in [-0.3, -0.25) is 0 Å². The maximum Gasteiger partial charge on any atom is 0.210 e. The molecule has 1 fully saturated rings. The zero-order valence-corrected chi connectivity index (χ0v) is 11.7. The summed E-state index contributed by atoms with van der Waals surface area (Å²) in [5, 5.41) is 10.4. The number of benzene rings is 1. The van der Waals surface area contributed by atoms with E-state index in [0.29, 0.717) is 11.3 Å². The highest BCUT2D eigenvalue weighted by molar-refractivity contribution is 7.99. The second kappa shape index (κ2) is 4.27. The van der Waals surface area contributed by atoms with Crippen LogP contribution in [0, 0.1) is 6.92 Å². The van der Waals surface area contributed by atoms with E-state index in [1.807, 2.05) is 11.8 Å². The van der Waals surface area contributed by atoms with E-state index in [1.165, 1.54) is 24.8 Å². The smallest absolute Gasteiger partial charge is 0.210 e. The van der Waals surface area contributed by atoms with Gasteiger partial charge in [0.15, 0.2) is 5.82 Å². The molecule has 0 radical (unpaired) electrons. The van der Waals surface area contributed by atoms with Gasteiger partial charge >= 0.3 is 0 Å². The zero-order valence-electron chi connectivity index (χ0n) is 10.8. The Morgan fingerprint density at radius 3 is 2.89 bits per heavy atom. The van der Waals surface area contributed by atoms with E-state index in [4.69, 9.17) is 0 Å². The number of nitrogens with one attached hydrogen (secondary N) is 1. The Kier molecular flexibility index (Phi) is 2.55. The standard InChI is InChI=1S/C14H16N4S/c1-9-5-7-10(8-6-9)13-15-16-14-18(13)17-11-3-2-4-12(11)19-14/h5-8,11-12,17H,2-4H2,1H3. The predicted molar refractivity (Wildman–Crippen MR) is 76.8 cm³/mol. The van der Waals surface area contributed by atoms with Crippen LogP contribution in [0.2, 0.25) is 0 Å². The van der Waals surface area contributed by atoms with Gasteiger partial charge in [-0.2, -0.15) is 0 Å². The number of aryl methyl sites for hydroxylation is 1. The van der Waals surface area contributed by atoms with Crippen LogP contribution in [0.4, 0.5) is 0 Å². The van der Waals surface area contributed by atoms with Crippen LogP contribution in [0.3, 0.4) is 0 Å². The fraction of sp³-hybridized carbons (Fsp3) is 0.429. The van der Waals surface area contributed by atoms with Gasteiger partial charge in [-0.1, -0.05) is 48.0 Å². The van der Waals surface area contributed by atoms with Crippen molar-refractivity contribution < 1.29 is 0 Å². The van der Waals surface area contributed by atoms with Gasteiger partial charge in [-0.25, -0.2) is 4.68 Å². The summed E-state index contributed by atoms with van der Waals surface area (Å²) in [7, 11) is 0. The molecule has 1 saturated carbocycles. The van der Waals surface area contributed by atoms with Crippen LogP contribution in [0.1, 0.15) is 24.8 Å². The van der Waals surface area contributed by atoms with Crippen molar-refractivity contribution in [2.45, 2.75) is 42.6 Å². The van der Waals surface area contributed by atoms with Gasteiger partial charge < -0.3 is 5.43 Å². The van der Waals surface area contributed by atoms with Crippen LogP contribution in [0.5, 0.6) is 0 Å². The predicted octanol–water partition coefficient (Wildman–Crippen LogP) is 2.82. The third-order valence-corrected chi connectivity index (χ3v) is 5.29. The Morgan fingerprint density at radius 2 is 2.05 bits per heavy atom. The molecule has 1 aliphatic carbocycles. The van der Waals surface area contributed by atoms with E-state index < -0.39 is 0 Å². The molecule has 2 aliphatic rings. The minimum Gasteiger partial charge on any atom is -0.318 e. The molecule has 4 rings (SSSR count). The second-order valence-electron chi connectivity index (χ2n) is 5.33. The van der Waals surface area contributed by atoms with Gasteiger partial charge in [0.2, 0.25) is 5.16 Å². The Hall–Kier alpha value is -1.49. The first-order chi connectivity index (χ1) is 9.31. The van der Waals surface area contributed by atoms with Crippen LogP contribution in [0.15, 0.2) is 29.4 Å². The molecule has 2 heterocycles. The Balaban J connectivity index is 1.74. The summed E-state index contributed by atoms with van der Waals surface area (Å²) in [6.45, 7) is 2.10. The van der Waals surface area contributed by atoms with Crippen LogP contribution in [0.25, 0.3) is 11.4 Å². The van der Waals surface area contributed by atoms with Crippen molar-refractivity contribution in [2.75, 3.05) is 5.43 Å². The molecule has 0 saturated heterocycles. The third-order valence-electron chi connectivity index (χ3n) is 3.95. The zero-order chi connectivity index (χ0) is 12.8. The monoisotopic (exact) mass is 272 g/mol. The topological polar surface area (TPSA) is 42.7 Å². The first-order valence-corrected chi connectivity index (χ1v) is 7.65. The van der Waals surface area contributed by atoms with E-state index in [1.54, 1.807) is 0 Å². The largest absolute Gasteiger partial charge is 0.318 e. The lowest BCUT2D eigenvalue weighted by molar-refractivity contribution is 0.611. The van der Waals surface area contributed by atoms with Gasteiger partial charge in [0.25, 0.3) is 0 Å². The molecule has 2 unspecified atom stereocenters. The molecule has 1 aliphatic heterocycles. The lowest BCUT2D eigenvalue weighted by atomic mass is 10.1. The quantitative estimate of drug-likeness (QED) is 0.867. The van der Waals surface area contributed by atoms with Gasteiger partial charge in [0, 0.05) is 10.8 Å². The van der Waals surface area contributed by atoms with E-state index in [0.717, 1.165) is 16.5 Å². The average Bonchev–Trinajstić information content (AvgIpc) is 3.03. The normalized spacial score (nSPS) is 24.7. The summed E-state index contributed by atoms with van der Waals surface area (Å²) >= 11 is 1.87. The number of aromatic nitrogens is 3. The van der Waals surface area contributed by atoms with Crippen LogP contribution >= 0.6 is 11.8 Å². The third kappa shape index (κ3) is 1.84. The minimum atomic E-state index is 0.567. The number of fused-ring (bicyclic) bond motifs is 2. The van der Waals surface area contributed by atoms with Crippen molar-refractivity contribution >= 4 is 11.8 Å². The van der Waals surface area contributed by atoms with Crippen molar-refractivity contribution in [3.05, 3.63) is 29.8 Å². The molecule has 2 aromatic rings. The molecular formula is C14H16N4S. The van der Waals surface area contributed by atoms with E-state index >= 15 is 0 Å². The highest BCUT2D eigenvalue weighted by Gasteiger charge is 2.35. The summed E-state index contributed by atoms with van der Waals surface area (Å²) < 4.78 is 2.07. The molecule has 5 heteroatoms. The molecule has 0 spiro atoms. The number of rotatable bonds is 1. The van der Waals surface area contributed by atoms with Crippen molar-refractivity contribution in [3.63, 3.8) is 0 Å². The van der Waals surface area contributed by atoms with Crippen molar-refractivity contribution in [3.8, 4) is 11.4 Å². The molecular weight excluding hydrogens is 256 g/mol. The molecule has 0 bridgehead atoms. The number of hydrogen-bond acceptors (Lipinski definition) is 4. The first kappa shape index (κ1) is 11.3. The van der Waals surface area contributed by atoms with E-state index in [9.17, 15) is 0 Å². The minimum absolute atomic E-state index is 0.567. The van der Waals surface area contributed by atoms with Gasteiger partial charge in [-0.05, 0) is 19.8 Å². The average molecular weight is 272 g/mol. The first-order valence-electron chi connectivity index (χ1n) is 6.77. The van der Waals surface area contributed by atoms with Crippen LogP contribution in [-0.4, -0.2) is 26.2 Å². The number of nitrogens with zero attached hydrogens (tertiary/aromatic N) is 3. The van der Waals surface area contributed by atoms with E-state index in [-0.39, 0.29) is 0 Å². The number of thioether (sulfide) groups is 1. The SMILES string of the molecule is Cc1ccc(-c2nnc3n2NC2CCCC2S3)cc1. The molecule has 19 heavy (non-hydrogen) atoms. The van der Waals surface area contributed by atoms with Gasteiger partial charge in [0.05, 0.1) is 6.04 Å². The fourth-order valence-electron chi connectivity index (χ4n) is 2.87. The van der Waals surface area contributed by atoms with Crippen molar-refractivity contribution in [1.82, 2.24) is 14.9 Å². The van der Waals surface area contributed by atoms with Crippen molar-refractivity contribution in [2.24, 2.45) is 0 Å². The Labute approximate surface area is 116 Å². The Bertz CT molecular complexity index is 604. The van der Waals surface area contributed by atoms with Crippen LogP contribution < -0.4 is 5.43 Å². The second-order valence-corrected chi connectivity index (χ2v) is 6.54. The Morgan fingerprint density at radius 1 is 1.21 bits per heavy atom. The number of hydrogen-bond donors (Lipinski definition) is 1. The van der Waals surface area contributed by atoms with Crippen molar-refractivity contribution in [1.29, 1.82) is 0 Å². The summed E-state index contributed by atoms with van der Waals surface area (Å²) in [5.74, 6) is 0.924. The molecule has 4 nitrogen and oxygen atoms in total. The van der Waals surface area contributed by atoms with E-state index in [2.05, 4.69) is 51.5 Å². The van der Waals surface area contributed by atoms with Gasteiger partial charge in [-0.15, -0.1) is 10.2 Å². The molecule has 0 amide bonds. The summed E-state index contributed by atoms with van der Waals surface area (Å²) in [6.07, 6.45) is 3.85. The summed E-state index contributed by atoms with van der Waals surface area (Å²) in [6, 6.07) is 9.02. The lowest BCUT2D eigenvalue weighted by Gasteiger charge is -2.28. The highest BCUT2D eigenvalue weighted by Crippen LogP contribution is 2.39. The maximum absolute atomic E-state index is 4.35. The molecule has 98 valence electrons. The van der Waals surface area contributed by atoms with Crippen LogP contribution in [-0.2, 0) is 0 Å². The maximum atomic E-state index is 4.35. The van der Waals surface area contributed by atoms with Gasteiger partial charge in [0.1, 0.15) is 0 Å². The molecule has 2 atom stereocenters. The molecule has 1 N–H and O–H groups in total. The molecule has 1 aromatic heterocycles. The fourth-order valence-corrected chi connectivity index (χ4v) is 4.12. The lowest BCUT2D eigenvalue weighted by Crippen LogP contribution is -2.37. The molecule has 1 aromatic carbocycles. The summed E-state index contributed by atoms with van der Waals surface area (Å²) in [4.78, 5) is 0.